The third-order valence-electron chi connectivity index (χ3n) is 3.48. The van der Waals surface area contributed by atoms with Gasteiger partial charge in [-0.15, -0.1) is 11.3 Å². The van der Waals surface area contributed by atoms with E-state index in [1.165, 1.54) is 11.3 Å². The molecule has 1 amide bonds. The van der Waals surface area contributed by atoms with Crippen molar-refractivity contribution in [3.8, 4) is 0 Å². The van der Waals surface area contributed by atoms with Gasteiger partial charge in [0.05, 0.1) is 17.5 Å². The summed E-state index contributed by atoms with van der Waals surface area (Å²) in [6.45, 7) is 3.91. The molecule has 3 aromatic rings. The number of anilines is 1. The molecule has 24 heavy (non-hydrogen) atoms. The minimum atomic E-state index is -0.220. The molecule has 1 N–H and O–H groups in total. The first kappa shape index (κ1) is 16.7. The van der Waals surface area contributed by atoms with Crippen LogP contribution in [0.1, 0.15) is 21.9 Å². The SMILES string of the molecule is Cc1nc(NC(=O)C(=Cc2ccco2)c2ccc(Br)cc2)sc1C. The zero-order valence-corrected chi connectivity index (χ0v) is 15.6. The number of nitrogens with one attached hydrogen (secondary N) is 1. The smallest absolute Gasteiger partial charge is 0.258 e. The van der Waals surface area contributed by atoms with Gasteiger partial charge in [-0.25, -0.2) is 4.98 Å². The molecule has 1 aromatic carbocycles. The Morgan fingerprint density at radius 1 is 1.25 bits per heavy atom. The number of benzene rings is 1. The maximum absolute atomic E-state index is 12.8. The van der Waals surface area contributed by atoms with E-state index in [0.29, 0.717) is 16.5 Å². The Balaban J connectivity index is 1.94. The van der Waals surface area contributed by atoms with E-state index in [-0.39, 0.29) is 5.91 Å². The van der Waals surface area contributed by atoms with E-state index in [2.05, 4.69) is 26.2 Å². The molecule has 122 valence electrons. The number of hydrogen-bond acceptors (Lipinski definition) is 4. The molecule has 0 atom stereocenters. The highest BCUT2D eigenvalue weighted by molar-refractivity contribution is 9.10. The Morgan fingerprint density at radius 3 is 2.58 bits per heavy atom. The molecule has 3 rings (SSSR count). The molecule has 2 heterocycles. The van der Waals surface area contributed by atoms with E-state index >= 15 is 0 Å². The Bertz CT molecular complexity index is 861. The first-order chi connectivity index (χ1) is 11.5. The summed E-state index contributed by atoms with van der Waals surface area (Å²) in [5, 5.41) is 3.47. The normalized spacial score (nSPS) is 11.5. The van der Waals surface area contributed by atoms with Gasteiger partial charge in [0.15, 0.2) is 5.13 Å². The van der Waals surface area contributed by atoms with Crippen LogP contribution in [-0.4, -0.2) is 10.9 Å². The Hall–Kier alpha value is -2.18. The van der Waals surface area contributed by atoms with Crippen molar-refractivity contribution in [2.75, 3.05) is 5.32 Å². The van der Waals surface area contributed by atoms with Crippen molar-refractivity contribution in [1.82, 2.24) is 4.98 Å². The largest absolute Gasteiger partial charge is 0.465 e. The maximum atomic E-state index is 12.8. The predicted octanol–water partition coefficient (Wildman–Crippen LogP) is 5.29. The lowest BCUT2D eigenvalue weighted by Crippen LogP contribution is -2.13. The summed E-state index contributed by atoms with van der Waals surface area (Å²) >= 11 is 4.87. The number of amides is 1. The molecule has 0 fully saturated rings. The second kappa shape index (κ2) is 7.15. The van der Waals surface area contributed by atoms with Gasteiger partial charge in [-0.2, -0.15) is 0 Å². The average molecular weight is 403 g/mol. The number of rotatable bonds is 4. The van der Waals surface area contributed by atoms with E-state index in [1.54, 1.807) is 18.4 Å². The van der Waals surface area contributed by atoms with E-state index in [9.17, 15) is 4.79 Å². The number of hydrogen-bond donors (Lipinski definition) is 1. The van der Waals surface area contributed by atoms with Gasteiger partial charge < -0.3 is 4.42 Å². The van der Waals surface area contributed by atoms with Crippen LogP contribution in [0.5, 0.6) is 0 Å². The lowest BCUT2D eigenvalue weighted by Gasteiger charge is -2.07. The Morgan fingerprint density at radius 2 is 2.00 bits per heavy atom. The number of aryl methyl sites for hydroxylation is 2. The van der Waals surface area contributed by atoms with Crippen LogP contribution < -0.4 is 5.32 Å². The second-order valence-electron chi connectivity index (χ2n) is 5.20. The fourth-order valence-electron chi connectivity index (χ4n) is 2.12. The molecular formula is C18H15BrN2O2S. The minimum Gasteiger partial charge on any atom is -0.465 e. The summed E-state index contributed by atoms with van der Waals surface area (Å²) in [4.78, 5) is 18.2. The van der Waals surface area contributed by atoms with Crippen LogP contribution in [0.4, 0.5) is 5.13 Å². The number of carbonyl (C=O) groups excluding carboxylic acids is 1. The van der Waals surface area contributed by atoms with E-state index in [4.69, 9.17) is 4.42 Å². The van der Waals surface area contributed by atoms with Crippen molar-refractivity contribution in [1.29, 1.82) is 0 Å². The quantitative estimate of drug-likeness (QED) is 0.602. The van der Waals surface area contributed by atoms with Crippen molar-refractivity contribution in [3.05, 3.63) is 69.0 Å². The number of furan rings is 1. The number of thiazole rings is 1. The summed E-state index contributed by atoms with van der Waals surface area (Å²) in [5.41, 5.74) is 2.25. The van der Waals surface area contributed by atoms with Crippen molar-refractivity contribution in [2.24, 2.45) is 0 Å². The van der Waals surface area contributed by atoms with Crippen molar-refractivity contribution < 1.29 is 9.21 Å². The highest BCUT2D eigenvalue weighted by Crippen LogP contribution is 2.25. The van der Waals surface area contributed by atoms with Gasteiger partial charge in [-0.1, -0.05) is 28.1 Å². The molecule has 0 radical (unpaired) electrons. The lowest BCUT2D eigenvalue weighted by molar-refractivity contribution is -0.111. The molecule has 0 spiro atoms. The molecule has 0 aliphatic rings. The molecule has 0 bridgehead atoms. The van der Waals surface area contributed by atoms with E-state index < -0.39 is 0 Å². The molecule has 0 aliphatic carbocycles. The molecule has 4 nitrogen and oxygen atoms in total. The van der Waals surface area contributed by atoms with Gasteiger partial charge in [-0.05, 0) is 49.8 Å². The van der Waals surface area contributed by atoms with Gasteiger partial charge >= 0.3 is 0 Å². The number of aromatic nitrogens is 1. The van der Waals surface area contributed by atoms with Crippen LogP contribution in [0.25, 0.3) is 11.6 Å². The molecule has 0 saturated heterocycles. The van der Waals surface area contributed by atoms with Gasteiger partial charge in [0, 0.05) is 9.35 Å². The highest BCUT2D eigenvalue weighted by Gasteiger charge is 2.15. The second-order valence-corrected chi connectivity index (χ2v) is 7.31. The molecule has 0 saturated carbocycles. The monoisotopic (exact) mass is 402 g/mol. The molecular weight excluding hydrogens is 388 g/mol. The van der Waals surface area contributed by atoms with Crippen molar-refractivity contribution >= 4 is 50.0 Å². The summed E-state index contributed by atoms with van der Waals surface area (Å²) in [6, 6.07) is 11.2. The number of nitrogens with zero attached hydrogens (tertiary/aromatic N) is 1. The third-order valence-corrected chi connectivity index (χ3v) is 5.00. The first-order valence-corrected chi connectivity index (χ1v) is 8.90. The molecule has 6 heteroatoms. The molecule has 2 aromatic heterocycles. The van der Waals surface area contributed by atoms with Crippen LogP contribution in [0.15, 0.2) is 51.6 Å². The van der Waals surface area contributed by atoms with Crippen LogP contribution in [0.3, 0.4) is 0 Å². The average Bonchev–Trinajstić information content (AvgIpc) is 3.16. The lowest BCUT2D eigenvalue weighted by atomic mass is 10.0. The summed E-state index contributed by atoms with van der Waals surface area (Å²) in [7, 11) is 0. The van der Waals surface area contributed by atoms with Gasteiger partial charge in [0.1, 0.15) is 5.76 Å². The number of carbonyl (C=O) groups is 1. The predicted molar refractivity (Wildman–Crippen MR) is 101 cm³/mol. The summed E-state index contributed by atoms with van der Waals surface area (Å²) < 4.78 is 6.31. The zero-order chi connectivity index (χ0) is 17.1. The Kier molecular flexibility index (Phi) is 4.97. The van der Waals surface area contributed by atoms with Crippen molar-refractivity contribution in [3.63, 3.8) is 0 Å². The van der Waals surface area contributed by atoms with Gasteiger partial charge in [0.2, 0.25) is 0 Å². The van der Waals surface area contributed by atoms with Crippen LogP contribution in [0, 0.1) is 13.8 Å². The number of halogens is 1. The maximum Gasteiger partial charge on any atom is 0.258 e. The van der Waals surface area contributed by atoms with Gasteiger partial charge in [-0.3, -0.25) is 10.1 Å². The summed E-state index contributed by atoms with van der Waals surface area (Å²) in [5.74, 6) is 0.400. The fraction of sp³-hybridized carbons (Fsp3) is 0.111. The topological polar surface area (TPSA) is 55.1 Å². The highest BCUT2D eigenvalue weighted by atomic mass is 79.9. The van der Waals surface area contributed by atoms with E-state index in [1.807, 2.05) is 44.2 Å². The Labute approximate surface area is 152 Å². The fourth-order valence-corrected chi connectivity index (χ4v) is 3.19. The van der Waals surface area contributed by atoms with Crippen LogP contribution in [-0.2, 0) is 4.79 Å². The van der Waals surface area contributed by atoms with Crippen LogP contribution >= 0.6 is 27.3 Å². The third kappa shape index (κ3) is 3.83. The standard InChI is InChI=1S/C18H15BrN2O2S/c1-11-12(2)24-18(20-11)21-17(22)16(10-15-4-3-9-23-15)13-5-7-14(19)8-6-13/h3-10H,1-2H3,(H,20,21,22). The summed E-state index contributed by atoms with van der Waals surface area (Å²) in [6.07, 6.45) is 3.31. The minimum absolute atomic E-state index is 0.220. The zero-order valence-electron chi connectivity index (χ0n) is 13.2. The molecule has 0 aliphatic heterocycles. The first-order valence-electron chi connectivity index (χ1n) is 7.29. The van der Waals surface area contributed by atoms with Crippen LogP contribution in [0.2, 0.25) is 0 Å². The van der Waals surface area contributed by atoms with Crippen molar-refractivity contribution in [2.45, 2.75) is 13.8 Å². The molecule has 0 unspecified atom stereocenters. The van der Waals surface area contributed by atoms with E-state index in [0.717, 1.165) is 20.6 Å². The van der Waals surface area contributed by atoms with Gasteiger partial charge in [0.25, 0.3) is 5.91 Å².